The number of nitrogens with zero attached hydrogens (tertiary/aromatic N) is 4. The van der Waals surface area contributed by atoms with Crippen molar-refractivity contribution in [3.63, 3.8) is 0 Å². The van der Waals surface area contributed by atoms with Crippen LogP contribution in [-0.4, -0.2) is 89.0 Å². The van der Waals surface area contributed by atoms with Crippen LogP contribution in [0.5, 0.6) is 5.75 Å². The number of hydrogen-bond acceptors (Lipinski definition) is 15. The van der Waals surface area contributed by atoms with E-state index in [0.29, 0.717) is 23.9 Å². The Morgan fingerprint density at radius 3 is 2.51 bits per heavy atom. The number of thiazole rings is 1. The molecule has 2 amide bonds. The van der Waals surface area contributed by atoms with Crippen LogP contribution in [0.25, 0.3) is 11.3 Å². The summed E-state index contributed by atoms with van der Waals surface area (Å²) < 4.78 is 44.7. The van der Waals surface area contributed by atoms with Crippen molar-refractivity contribution < 1.29 is 50.9 Å². The molecule has 20 heteroatoms. The van der Waals surface area contributed by atoms with Gasteiger partial charge in [-0.2, -0.15) is 13.9 Å². The first-order valence-corrected chi connectivity index (χ1v) is 16.0. The van der Waals surface area contributed by atoms with Gasteiger partial charge in [-0.3, -0.25) is 9.59 Å². The number of aromatic nitrogens is 2. The summed E-state index contributed by atoms with van der Waals surface area (Å²) in [6.45, 7) is 3.30. The zero-order chi connectivity index (χ0) is 34.5. The molecule has 2 aromatic heterocycles. The summed E-state index contributed by atoms with van der Waals surface area (Å²) >= 11 is 0.951. The minimum absolute atomic E-state index is 0.0511. The van der Waals surface area contributed by atoms with Gasteiger partial charge in [0.05, 0.1) is 11.2 Å². The Labute approximate surface area is 272 Å². The average molecular weight is 693 g/mol. The summed E-state index contributed by atoms with van der Waals surface area (Å²) in [5.41, 5.74) is 11.8. The number of carbonyl (C=O) groups is 3. The van der Waals surface area contributed by atoms with Crippen LogP contribution in [0.2, 0.25) is 0 Å². The standard InChI is InChI=1S/C27H32N8O10S2/c1-27(2)22(24(37)35(27)45-47(40,41)42)32-23(36)21(18-14-46-26(29)31-18)33-44-20(25(38)39)13-43-17-7-4-15(5-8-17)19-9-6-16(12-34(19)3)30-11-10-28/h4-9,12,14,20,22,30H,10-11,13,28H2,1-3H3,(H4-,29,31,32,36,38,39,40,41,42)/b33-21-/t20-,22+/m0/s1. The molecule has 3 heterocycles. The van der Waals surface area contributed by atoms with Crippen molar-refractivity contribution >= 4 is 56.1 Å². The molecule has 0 spiro atoms. The van der Waals surface area contributed by atoms with Crippen molar-refractivity contribution in [2.24, 2.45) is 17.9 Å². The van der Waals surface area contributed by atoms with Crippen molar-refractivity contribution in [1.29, 1.82) is 0 Å². The molecular formula is C27H32N8O10S2. The van der Waals surface area contributed by atoms with Gasteiger partial charge in [-0.05, 0) is 44.2 Å². The molecule has 1 aromatic carbocycles. The quantitative estimate of drug-likeness (QED) is 0.0331. The van der Waals surface area contributed by atoms with E-state index in [1.54, 1.807) is 24.3 Å². The number of carboxylic acid groups (broad SMARTS) is 1. The second-order valence-electron chi connectivity index (χ2n) is 10.6. The lowest BCUT2D eigenvalue weighted by molar-refractivity contribution is -0.659. The summed E-state index contributed by atoms with van der Waals surface area (Å²) in [6, 6.07) is 9.40. The van der Waals surface area contributed by atoms with Crippen LogP contribution in [-0.2, 0) is 41.0 Å². The van der Waals surface area contributed by atoms with E-state index in [2.05, 4.69) is 25.1 Å². The van der Waals surface area contributed by atoms with Gasteiger partial charge in [0.2, 0.25) is 16.1 Å². The number of β-lactam (4-membered cyclic amide) rings is 1. The molecule has 18 nitrogen and oxygen atoms in total. The predicted molar refractivity (Wildman–Crippen MR) is 165 cm³/mol. The van der Waals surface area contributed by atoms with E-state index in [1.807, 2.05) is 29.9 Å². The average Bonchev–Trinajstić information content (AvgIpc) is 3.44. The molecule has 4 rings (SSSR count). The van der Waals surface area contributed by atoms with Crippen molar-refractivity contribution in [3.8, 4) is 17.0 Å². The first-order valence-electron chi connectivity index (χ1n) is 13.8. The van der Waals surface area contributed by atoms with Crippen LogP contribution >= 0.6 is 11.3 Å². The highest BCUT2D eigenvalue weighted by Crippen LogP contribution is 2.33. The lowest BCUT2D eigenvalue weighted by atomic mass is 9.84. The van der Waals surface area contributed by atoms with Crippen molar-refractivity contribution in [2.75, 3.05) is 30.7 Å². The predicted octanol–water partition coefficient (Wildman–Crippen LogP) is -0.662. The highest BCUT2D eigenvalue weighted by Gasteiger charge is 2.57. The van der Waals surface area contributed by atoms with Crippen LogP contribution in [0.3, 0.4) is 0 Å². The number of hydroxylamine groups is 2. The van der Waals surface area contributed by atoms with Gasteiger partial charge in [0.25, 0.3) is 17.9 Å². The number of anilines is 2. The van der Waals surface area contributed by atoms with Gasteiger partial charge in [-0.15, -0.1) is 11.3 Å². The zero-order valence-electron chi connectivity index (χ0n) is 25.3. The van der Waals surface area contributed by atoms with Crippen LogP contribution in [0, 0.1) is 0 Å². The van der Waals surface area contributed by atoms with E-state index in [0.717, 1.165) is 28.3 Å². The summed E-state index contributed by atoms with van der Waals surface area (Å²) in [5, 5.41) is 20.7. The van der Waals surface area contributed by atoms with E-state index >= 15 is 0 Å². The molecular weight excluding hydrogens is 660 g/mol. The SMILES string of the molecule is C[n+]1cc(NCCN)ccc1-c1ccc(OC[C@H](O/N=C(\C(=O)N[C@@H]2C(=O)N(OS(=O)(=O)[O-])C2(C)C)c2csc(N)n2)C(=O)O)cc1. The third kappa shape index (κ3) is 8.48. The number of carbonyl (C=O) groups excluding carboxylic acids is 2. The smallest absolute Gasteiger partial charge is 0.351 e. The number of oxime groups is 1. The summed E-state index contributed by atoms with van der Waals surface area (Å²) in [6.07, 6.45) is 0.238. The van der Waals surface area contributed by atoms with Gasteiger partial charge in [0, 0.05) is 30.1 Å². The molecule has 7 N–H and O–H groups in total. The molecule has 1 aliphatic rings. The van der Waals surface area contributed by atoms with Crippen molar-refractivity contribution in [2.45, 2.75) is 31.5 Å². The molecule has 1 saturated heterocycles. The van der Waals surface area contributed by atoms with Crippen molar-refractivity contribution in [1.82, 2.24) is 15.4 Å². The highest BCUT2D eigenvalue weighted by molar-refractivity contribution is 7.80. The Morgan fingerprint density at radius 2 is 1.96 bits per heavy atom. The first-order chi connectivity index (χ1) is 22.1. The molecule has 0 bridgehead atoms. The van der Waals surface area contributed by atoms with Crippen LogP contribution in [0.15, 0.2) is 53.1 Å². The minimum atomic E-state index is -5.27. The van der Waals surface area contributed by atoms with Gasteiger partial charge < -0.3 is 41.3 Å². The number of nitrogens with two attached hydrogens (primary N) is 2. The molecule has 3 aromatic rings. The lowest BCUT2D eigenvalue weighted by Gasteiger charge is -2.51. The third-order valence-corrected chi connectivity index (χ3v) is 7.81. The lowest BCUT2D eigenvalue weighted by Crippen LogP contribution is -2.76. The van der Waals surface area contributed by atoms with Gasteiger partial charge in [-0.1, -0.05) is 5.16 Å². The largest absolute Gasteiger partial charge is 0.724 e. The molecule has 47 heavy (non-hydrogen) atoms. The number of rotatable bonds is 15. The fourth-order valence-electron chi connectivity index (χ4n) is 4.40. The number of amides is 2. The molecule has 1 fully saturated rings. The Bertz CT molecular complexity index is 1780. The molecule has 0 unspecified atom stereocenters. The number of aliphatic carboxylic acids is 1. The Kier molecular flexibility index (Phi) is 10.6. The van der Waals surface area contributed by atoms with Gasteiger partial charge in [0.15, 0.2) is 17.0 Å². The molecule has 252 valence electrons. The van der Waals surface area contributed by atoms with Gasteiger partial charge in [0.1, 0.15) is 31.1 Å². The molecule has 1 aliphatic heterocycles. The minimum Gasteiger partial charge on any atom is -0.724 e. The number of benzene rings is 1. The summed E-state index contributed by atoms with van der Waals surface area (Å²) in [7, 11) is -3.37. The van der Waals surface area contributed by atoms with Gasteiger partial charge >= 0.3 is 5.97 Å². The number of ether oxygens (including phenoxy) is 1. The summed E-state index contributed by atoms with van der Waals surface area (Å²) in [4.78, 5) is 46.8. The highest BCUT2D eigenvalue weighted by atomic mass is 32.3. The van der Waals surface area contributed by atoms with Crippen LogP contribution in [0.1, 0.15) is 19.5 Å². The second-order valence-corrected chi connectivity index (χ2v) is 12.4. The van der Waals surface area contributed by atoms with Crippen LogP contribution in [0.4, 0.5) is 10.8 Å². The number of pyridine rings is 1. The second kappa shape index (κ2) is 14.3. The molecule has 2 atom stereocenters. The normalized spacial score (nSPS) is 16.6. The number of carboxylic acids is 1. The maximum Gasteiger partial charge on any atom is 0.351 e. The first kappa shape index (κ1) is 35.0. The topological polar surface area (TPSA) is 265 Å². The Hall–Kier alpha value is -4.89. The third-order valence-electron chi connectivity index (χ3n) is 6.80. The van der Waals surface area contributed by atoms with E-state index in [-0.39, 0.29) is 10.8 Å². The summed E-state index contributed by atoms with van der Waals surface area (Å²) in [5.74, 6) is -3.20. The number of aryl methyl sites for hydroxylation is 1. The maximum absolute atomic E-state index is 13.2. The van der Waals surface area contributed by atoms with Crippen LogP contribution < -0.4 is 31.4 Å². The molecule has 0 radical (unpaired) electrons. The van der Waals surface area contributed by atoms with E-state index in [1.165, 1.54) is 19.2 Å². The Balaban J connectivity index is 1.45. The molecule has 0 saturated carbocycles. The maximum atomic E-state index is 13.2. The number of nitrogens with one attached hydrogen (secondary N) is 2. The monoisotopic (exact) mass is 692 g/mol. The van der Waals surface area contributed by atoms with E-state index < -0.39 is 58.2 Å². The fourth-order valence-corrected chi connectivity index (χ4v) is 5.40. The number of hydrogen-bond donors (Lipinski definition) is 5. The fraction of sp³-hybridized carbons (Fsp3) is 0.333. The van der Waals surface area contributed by atoms with Gasteiger partial charge in [-0.25, -0.2) is 18.2 Å². The van der Waals surface area contributed by atoms with E-state index in [9.17, 15) is 32.5 Å². The zero-order valence-corrected chi connectivity index (χ0v) is 26.9. The number of nitrogen functional groups attached to an aromatic ring is 1. The van der Waals surface area contributed by atoms with E-state index in [4.69, 9.17) is 21.0 Å². The van der Waals surface area contributed by atoms with Crippen molar-refractivity contribution in [3.05, 3.63) is 53.7 Å². The Morgan fingerprint density at radius 1 is 1.26 bits per heavy atom. The molecule has 0 aliphatic carbocycles.